The number of thiophene rings is 1. The standard InChI is InChI=1S/C15H10Cl2N2OS/c1-9-2-7-12(21-9)8-13(17)15-18-14(19-20-15)10-3-5-11(16)6-4-10/h2-8H,1H3/b13-8-. The summed E-state index contributed by atoms with van der Waals surface area (Å²) in [7, 11) is 0. The molecule has 0 bridgehead atoms. The van der Waals surface area contributed by atoms with Gasteiger partial charge in [-0.15, -0.1) is 11.3 Å². The third-order valence-corrected chi connectivity index (χ3v) is 4.23. The van der Waals surface area contributed by atoms with Crippen molar-refractivity contribution in [3.63, 3.8) is 0 Å². The van der Waals surface area contributed by atoms with Crippen LogP contribution in [0.1, 0.15) is 15.6 Å². The SMILES string of the molecule is Cc1ccc(/C=C(\Cl)c2nc(-c3ccc(Cl)cc3)no2)s1. The predicted octanol–water partition coefficient (Wildman–Crippen LogP) is 5.50. The smallest absolute Gasteiger partial charge is 0.269 e. The van der Waals surface area contributed by atoms with Crippen molar-refractivity contribution in [2.75, 3.05) is 0 Å². The summed E-state index contributed by atoms with van der Waals surface area (Å²) in [4.78, 5) is 6.56. The van der Waals surface area contributed by atoms with E-state index in [1.54, 1.807) is 23.5 Å². The van der Waals surface area contributed by atoms with Crippen LogP contribution in [0.3, 0.4) is 0 Å². The fourth-order valence-electron chi connectivity index (χ4n) is 1.75. The van der Waals surface area contributed by atoms with Gasteiger partial charge in [-0.2, -0.15) is 4.98 Å². The van der Waals surface area contributed by atoms with Crippen LogP contribution in [0.2, 0.25) is 5.02 Å². The Kier molecular flexibility index (Phi) is 4.10. The van der Waals surface area contributed by atoms with Crippen LogP contribution in [0.15, 0.2) is 40.9 Å². The number of hydrogen-bond acceptors (Lipinski definition) is 4. The fraction of sp³-hybridized carbons (Fsp3) is 0.0667. The van der Waals surface area contributed by atoms with Crippen molar-refractivity contribution in [2.45, 2.75) is 6.92 Å². The Morgan fingerprint density at radius 1 is 1.19 bits per heavy atom. The van der Waals surface area contributed by atoms with Gasteiger partial charge in [-0.1, -0.05) is 28.4 Å². The number of rotatable bonds is 3. The molecule has 0 saturated carbocycles. The molecule has 0 atom stereocenters. The number of aromatic nitrogens is 2. The number of benzene rings is 1. The van der Waals surface area contributed by atoms with Gasteiger partial charge in [-0.25, -0.2) is 0 Å². The van der Waals surface area contributed by atoms with Crippen LogP contribution in [0.4, 0.5) is 0 Å². The van der Waals surface area contributed by atoms with E-state index in [1.165, 1.54) is 4.88 Å². The van der Waals surface area contributed by atoms with Gasteiger partial charge >= 0.3 is 0 Å². The van der Waals surface area contributed by atoms with E-state index in [-0.39, 0.29) is 0 Å². The van der Waals surface area contributed by atoms with Gasteiger partial charge in [-0.3, -0.25) is 0 Å². The molecule has 1 aromatic carbocycles. The molecule has 0 spiro atoms. The van der Waals surface area contributed by atoms with E-state index < -0.39 is 0 Å². The monoisotopic (exact) mass is 336 g/mol. The van der Waals surface area contributed by atoms with Crippen molar-refractivity contribution in [3.8, 4) is 11.4 Å². The molecule has 0 aliphatic rings. The molecule has 2 heterocycles. The average Bonchev–Trinajstić information content (AvgIpc) is 3.09. The summed E-state index contributed by atoms with van der Waals surface area (Å²) in [6.07, 6.45) is 1.82. The van der Waals surface area contributed by atoms with Crippen molar-refractivity contribution in [1.29, 1.82) is 0 Å². The molecule has 106 valence electrons. The largest absolute Gasteiger partial charge is 0.333 e. The lowest BCUT2D eigenvalue weighted by Gasteiger charge is -1.93. The maximum Gasteiger partial charge on any atom is 0.269 e. The maximum atomic E-state index is 6.23. The quantitative estimate of drug-likeness (QED) is 0.634. The van der Waals surface area contributed by atoms with E-state index in [0.717, 1.165) is 10.4 Å². The molecule has 3 aromatic rings. The first-order chi connectivity index (χ1) is 10.1. The molecular weight excluding hydrogens is 327 g/mol. The van der Waals surface area contributed by atoms with Crippen LogP contribution in [-0.4, -0.2) is 10.1 Å². The van der Waals surface area contributed by atoms with Gasteiger partial charge in [0.15, 0.2) is 0 Å². The summed E-state index contributed by atoms with van der Waals surface area (Å²) in [5.41, 5.74) is 0.825. The number of nitrogens with zero attached hydrogens (tertiary/aromatic N) is 2. The van der Waals surface area contributed by atoms with E-state index in [2.05, 4.69) is 10.1 Å². The lowest BCUT2D eigenvalue weighted by molar-refractivity contribution is 0.410. The molecule has 21 heavy (non-hydrogen) atoms. The van der Waals surface area contributed by atoms with Crippen LogP contribution in [0.5, 0.6) is 0 Å². The molecule has 3 nitrogen and oxygen atoms in total. The summed E-state index contributed by atoms with van der Waals surface area (Å²) < 4.78 is 5.20. The second-order valence-corrected chi connectivity index (χ2v) is 6.53. The highest BCUT2D eigenvalue weighted by atomic mass is 35.5. The van der Waals surface area contributed by atoms with Crippen molar-refractivity contribution in [2.24, 2.45) is 0 Å². The molecule has 2 aromatic heterocycles. The van der Waals surface area contributed by atoms with Gasteiger partial charge in [0, 0.05) is 20.3 Å². The van der Waals surface area contributed by atoms with Gasteiger partial charge < -0.3 is 4.52 Å². The second kappa shape index (κ2) is 6.02. The Labute approximate surface area is 135 Å². The molecule has 0 aliphatic carbocycles. The third-order valence-electron chi connectivity index (χ3n) is 2.76. The van der Waals surface area contributed by atoms with Crippen molar-refractivity contribution in [1.82, 2.24) is 10.1 Å². The maximum absolute atomic E-state index is 6.23. The molecule has 3 rings (SSSR count). The van der Waals surface area contributed by atoms with Crippen molar-refractivity contribution < 1.29 is 4.52 Å². The number of halogens is 2. The minimum absolute atomic E-state index is 0.299. The fourth-order valence-corrected chi connectivity index (χ4v) is 2.96. The summed E-state index contributed by atoms with van der Waals surface area (Å²) >= 11 is 13.7. The second-order valence-electron chi connectivity index (χ2n) is 4.37. The first-order valence-corrected chi connectivity index (χ1v) is 7.73. The first-order valence-electron chi connectivity index (χ1n) is 6.15. The highest BCUT2D eigenvalue weighted by Gasteiger charge is 2.11. The van der Waals surface area contributed by atoms with E-state index in [1.807, 2.05) is 37.3 Å². The van der Waals surface area contributed by atoms with Crippen LogP contribution < -0.4 is 0 Å². The van der Waals surface area contributed by atoms with E-state index in [4.69, 9.17) is 27.7 Å². The molecule has 0 aliphatic heterocycles. The third kappa shape index (κ3) is 3.35. The zero-order valence-electron chi connectivity index (χ0n) is 11.0. The zero-order chi connectivity index (χ0) is 14.8. The van der Waals surface area contributed by atoms with Crippen molar-refractivity contribution >= 4 is 45.6 Å². The van der Waals surface area contributed by atoms with Gasteiger partial charge in [0.05, 0.1) is 0 Å². The molecule has 0 N–H and O–H groups in total. The lowest BCUT2D eigenvalue weighted by Crippen LogP contribution is -1.81. The van der Waals surface area contributed by atoms with Crippen LogP contribution >= 0.6 is 34.5 Å². The van der Waals surface area contributed by atoms with Crippen LogP contribution in [0, 0.1) is 6.92 Å². The molecular formula is C15H10Cl2N2OS. The minimum atomic E-state index is 0.299. The Bertz CT molecular complexity index is 790. The minimum Gasteiger partial charge on any atom is -0.333 e. The molecule has 0 saturated heterocycles. The molecule has 0 radical (unpaired) electrons. The van der Waals surface area contributed by atoms with Crippen molar-refractivity contribution in [3.05, 3.63) is 57.1 Å². The number of hydrogen-bond donors (Lipinski definition) is 0. The summed E-state index contributed by atoms with van der Waals surface area (Å²) in [6, 6.07) is 11.2. The van der Waals surface area contributed by atoms with Gasteiger partial charge in [-0.05, 0) is 49.4 Å². The molecule has 0 fully saturated rings. The predicted molar refractivity (Wildman–Crippen MR) is 87.5 cm³/mol. The molecule has 0 amide bonds. The Morgan fingerprint density at radius 2 is 1.95 bits per heavy atom. The Balaban J connectivity index is 1.87. The Morgan fingerprint density at radius 3 is 2.62 bits per heavy atom. The number of aryl methyl sites for hydroxylation is 1. The topological polar surface area (TPSA) is 38.9 Å². The summed E-state index contributed by atoms with van der Waals surface area (Å²) in [5.74, 6) is 0.781. The molecule has 0 unspecified atom stereocenters. The van der Waals surface area contributed by atoms with E-state index in [9.17, 15) is 0 Å². The normalized spacial score (nSPS) is 11.9. The molecule has 6 heteroatoms. The van der Waals surface area contributed by atoms with Crippen LogP contribution in [-0.2, 0) is 0 Å². The van der Waals surface area contributed by atoms with Gasteiger partial charge in [0.1, 0.15) is 5.03 Å². The van der Waals surface area contributed by atoms with Gasteiger partial charge in [0.25, 0.3) is 5.89 Å². The average molecular weight is 337 g/mol. The lowest BCUT2D eigenvalue weighted by atomic mass is 10.2. The highest BCUT2D eigenvalue weighted by Crippen LogP contribution is 2.26. The zero-order valence-corrected chi connectivity index (χ0v) is 13.3. The summed E-state index contributed by atoms with van der Waals surface area (Å²) in [6.45, 7) is 2.04. The summed E-state index contributed by atoms with van der Waals surface area (Å²) in [5, 5.41) is 5.01. The van der Waals surface area contributed by atoms with E-state index >= 15 is 0 Å². The highest BCUT2D eigenvalue weighted by molar-refractivity contribution is 7.12. The Hall–Kier alpha value is -1.62. The van der Waals surface area contributed by atoms with E-state index in [0.29, 0.717) is 21.8 Å². The van der Waals surface area contributed by atoms with Crippen LogP contribution in [0.25, 0.3) is 22.5 Å². The first kappa shape index (κ1) is 14.3. The van der Waals surface area contributed by atoms with Gasteiger partial charge in [0.2, 0.25) is 5.82 Å².